The Morgan fingerprint density at radius 1 is 1.17 bits per heavy atom. The predicted octanol–water partition coefficient (Wildman–Crippen LogP) is 2.81. The Morgan fingerprint density at radius 3 is 2.52 bits per heavy atom. The molecule has 23 heavy (non-hydrogen) atoms. The number of ether oxygens (including phenoxy) is 1. The molecule has 0 aliphatic heterocycles. The highest BCUT2D eigenvalue weighted by Gasteiger charge is 2.14. The Labute approximate surface area is 142 Å². The van der Waals surface area contributed by atoms with Crippen LogP contribution in [0.3, 0.4) is 0 Å². The average molecular weight is 381 g/mol. The van der Waals surface area contributed by atoms with Crippen molar-refractivity contribution in [3.63, 3.8) is 0 Å². The van der Waals surface area contributed by atoms with Gasteiger partial charge >= 0.3 is 0 Å². The Bertz CT molecular complexity index is 740. The van der Waals surface area contributed by atoms with E-state index in [1.165, 1.54) is 0 Å². The van der Waals surface area contributed by atoms with Crippen molar-refractivity contribution in [2.75, 3.05) is 6.61 Å². The molecule has 2 rings (SSSR count). The van der Waals surface area contributed by atoms with Gasteiger partial charge in [0.05, 0.1) is 10.0 Å². The fourth-order valence-electron chi connectivity index (χ4n) is 1.95. The normalized spacial score (nSPS) is 10.3. The molecule has 1 aromatic carbocycles. The van der Waals surface area contributed by atoms with Crippen LogP contribution in [0.15, 0.2) is 33.2 Å². The quantitative estimate of drug-likeness (QED) is 0.799. The smallest absolute Gasteiger partial charge is 0.276 e. The molecule has 0 fully saturated rings. The first-order valence-electron chi connectivity index (χ1n) is 6.92. The van der Waals surface area contributed by atoms with Gasteiger partial charge in [0.1, 0.15) is 17.3 Å². The van der Waals surface area contributed by atoms with Crippen molar-refractivity contribution in [2.24, 2.45) is 0 Å². The predicted molar refractivity (Wildman–Crippen MR) is 88.2 cm³/mol. The van der Waals surface area contributed by atoms with Gasteiger partial charge in [-0.2, -0.15) is 0 Å². The molecule has 1 aromatic heterocycles. The zero-order chi connectivity index (χ0) is 17.0. The molecule has 2 N–H and O–H groups in total. The minimum atomic E-state index is -0.469. The van der Waals surface area contributed by atoms with Crippen LogP contribution in [0.2, 0.25) is 0 Å². The highest BCUT2D eigenvalue weighted by atomic mass is 79.9. The summed E-state index contributed by atoms with van der Waals surface area (Å²) < 4.78 is 11.4. The minimum absolute atomic E-state index is 0.217. The fourth-order valence-corrected chi connectivity index (χ4v) is 2.56. The molecule has 0 saturated carbocycles. The van der Waals surface area contributed by atoms with Gasteiger partial charge in [-0.05, 0) is 60.5 Å². The zero-order valence-corrected chi connectivity index (χ0v) is 14.6. The molecular weight excluding hydrogens is 364 g/mol. The van der Waals surface area contributed by atoms with Gasteiger partial charge in [-0.1, -0.05) is 6.07 Å². The largest absolute Gasteiger partial charge is 0.483 e. The van der Waals surface area contributed by atoms with Crippen LogP contribution >= 0.6 is 15.9 Å². The lowest BCUT2D eigenvalue weighted by atomic mass is 10.2. The first-order chi connectivity index (χ1) is 10.9. The molecular formula is C16H17BrN2O4. The highest BCUT2D eigenvalue weighted by molar-refractivity contribution is 9.10. The third-order valence-electron chi connectivity index (χ3n) is 3.05. The van der Waals surface area contributed by atoms with Crippen LogP contribution in [0.25, 0.3) is 0 Å². The number of hydrogen-bond donors (Lipinski definition) is 2. The number of halogens is 1. The van der Waals surface area contributed by atoms with Crippen molar-refractivity contribution in [2.45, 2.75) is 20.8 Å². The summed E-state index contributed by atoms with van der Waals surface area (Å²) in [4.78, 5) is 23.6. The number of furan rings is 1. The van der Waals surface area contributed by atoms with Gasteiger partial charge in [0, 0.05) is 0 Å². The van der Waals surface area contributed by atoms with Gasteiger partial charge in [-0.15, -0.1) is 0 Å². The van der Waals surface area contributed by atoms with E-state index in [0.717, 1.165) is 10.0 Å². The van der Waals surface area contributed by atoms with Crippen molar-refractivity contribution in [3.05, 3.63) is 51.4 Å². The monoisotopic (exact) mass is 380 g/mol. The lowest BCUT2D eigenvalue weighted by molar-refractivity contribution is -0.123. The van der Waals surface area contributed by atoms with Crippen molar-refractivity contribution in [3.8, 4) is 5.75 Å². The Hall–Kier alpha value is -2.28. The summed E-state index contributed by atoms with van der Waals surface area (Å²) in [6.07, 6.45) is 0. The van der Waals surface area contributed by atoms with Crippen LogP contribution in [0, 0.1) is 20.8 Å². The summed E-state index contributed by atoms with van der Waals surface area (Å²) in [6.45, 7) is 5.17. The van der Waals surface area contributed by atoms with E-state index in [0.29, 0.717) is 22.8 Å². The van der Waals surface area contributed by atoms with Crippen molar-refractivity contribution < 1.29 is 18.7 Å². The second kappa shape index (κ2) is 7.32. The summed E-state index contributed by atoms with van der Waals surface area (Å²) in [5, 5.41) is 0. The number of nitrogens with one attached hydrogen (secondary N) is 2. The van der Waals surface area contributed by atoms with Crippen molar-refractivity contribution in [1.29, 1.82) is 0 Å². The Kier molecular flexibility index (Phi) is 5.44. The summed E-state index contributed by atoms with van der Waals surface area (Å²) in [6, 6.07) is 7.14. The zero-order valence-electron chi connectivity index (χ0n) is 13.0. The first-order valence-corrected chi connectivity index (χ1v) is 7.71. The molecule has 122 valence electrons. The molecule has 0 radical (unpaired) electrons. The van der Waals surface area contributed by atoms with Crippen LogP contribution in [0.1, 0.15) is 27.4 Å². The summed E-state index contributed by atoms with van der Waals surface area (Å²) in [5.74, 6) is 0.770. The average Bonchev–Trinajstić information content (AvgIpc) is 2.82. The van der Waals surface area contributed by atoms with E-state index in [2.05, 4.69) is 26.8 Å². The topological polar surface area (TPSA) is 80.6 Å². The van der Waals surface area contributed by atoms with Gasteiger partial charge in [0.15, 0.2) is 6.61 Å². The van der Waals surface area contributed by atoms with Crippen LogP contribution < -0.4 is 15.6 Å². The van der Waals surface area contributed by atoms with E-state index >= 15 is 0 Å². The van der Waals surface area contributed by atoms with Crippen molar-refractivity contribution in [1.82, 2.24) is 10.9 Å². The van der Waals surface area contributed by atoms with Crippen LogP contribution in [0.5, 0.6) is 5.75 Å². The van der Waals surface area contributed by atoms with Crippen molar-refractivity contribution >= 4 is 27.7 Å². The Morgan fingerprint density at radius 2 is 1.91 bits per heavy atom. The number of hydrogen-bond acceptors (Lipinski definition) is 4. The van der Waals surface area contributed by atoms with Crippen LogP contribution in [-0.2, 0) is 4.79 Å². The number of carbonyl (C=O) groups excluding carboxylic acids is 2. The number of benzene rings is 1. The minimum Gasteiger partial charge on any atom is -0.483 e. The molecule has 0 spiro atoms. The van der Waals surface area contributed by atoms with Gasteiger partial charge in [-0.25, -0.2) is 0 Å². The second-order valence-corrected chi connectivity index (χ2v) is 5.91. The molecule has 0 aliphatic rings. The lowest BCUT2D eigenvalue weighted by Crippen LogP contribution is -2.43. The summed E-state index contributed by atoms with van der Waals surface area (Å²) in [5.41, 5.74) is 6.08. The summed E-state index contributed by atoms with van der Waals surface area (Å²) >= 11 is 3.36. The molecule has 0 atom stereocenters. The molecule has 1 heterocycles. The van der Waals surface area contributed by atoms with E-state index in [4.69, 9.17) is 9.15 Å². The van der Waals surface area contributed by atoms with Crippen LogP contribution in [0.4, 0.5) is 0 Å². The van der Waals surface area contributed by atoms with Crippen LogP contribution in [-0.4, -0.2) is 18.4 Å². The molecule has 0 aliphatic carbocycles. The number of amides is 2. The number of rotatable bonds is 4. The van der Waals surface area contributed by atoms with Gasteiger partial charge < -0.3 is 9.15 Å². The molecule has 0 unspecified atom stereocenters. The maximum absolute atomic E-state index is 11.9. The lowest BCUT2D eigenvalue weighted by Gasteiger charge is -2.10. The third-order valence-corrected chi connectivity index (χ3v) is 3.67. The molecule has 0 saturated heterocycles. The fraction of sp³-hybridized carbons (Fsp3) is 0.250. The molecule has 6 nitrogen and oxygen atoms in total. The molecule has 2 amide bonds. The van der Waals surface area contributed by atoms with Gasteiger partial charge in [0.2, 0.25) is 0 Å². The third kappa shape index (κ3) is 4.59. The second-order valence-electron chi connectivity index (χ2n) is 5.05. The standard InChI is InChI=1S/C16H17BrN2O4/c1-9-4-5-14(13(17)6-9)22-8-15(20)18-19-16(21)12-7-10(2)23-11(12)3/h4-7H,8H2,1-3H3,(H,18,20)(H,19,21). The first kappa shape index (κ1) is 17.1. The van der Waals surface area contributed by atoms with E-state index in [1.54, 1.807) is 26.0 Å². The maximum Gasteiger partial charge on any atom is 0.276 e. The highest BCUT2D eigenvalue weighted by Crippen LogP contribution is 2.25. The SMILES string of the molecule is Cc1ccc(OCC(=O)NNC(=O)c2cc(C)oc2C)c(Br)c1. The van der Waals surface area contributed by atoms with Gasteiger partial charge in [0.25, 0.3) is 11.8 Å². The van der Waals surface area contributed by atoms with E-state index in [1.807, 2.05) is 19.1 Å². The van der Waals surface area contributed by atoms with E-state index < -0.39 is 11.8 Å². The maximum atomic E-state index is 11.9. The van der Waals surface area contributed by atoms with E-state index in [-0.39, 0.29) is 6.61 Å². The number of aryl methyl sites for hydroxylation is 3. The number of carbonyl (C=O) groups is 2. The molecule has 7 heteroatoms. The Balaban J connectivity index is 1.83. The molecule has 0 bridgehead atoms. The van der Waals surface area contributed by atoms with Gasteiger partial charge in [-0.3, -0.25) is 20.4 Å². The molecule has 2 aromatic rings. The number of hydrazine groups is 1. The van der Waals surface area contributed by atoms with E-state index in [9.17, 15) is 9.59 Å². The summed E-state index contributed by atoms with van der Waals surface area (Å²) in [7, 11) is 0.